The van der Waals surface area contributed by atoms with Gasteiger partial charge in [-0.25, -0.2) is 4.79 Å². The van der Waals surface area contributed by atoms with Crippen molar-refractivity contribution in [3.63, 3.8) is 0 Å². The molecule has 0 radical (unpaired) electrons. The van der Waals surface area contributed by atoms with Crippen molar-refractivity contribution in [2.45, 2.75) is 52.6 Å². The second-order valence-electron chi connectivity index (χ2n) is 5.62. The Hall–Kier alpha value is -0.730. The molecule has 3 atom stereocenters. The minimum absolute atomic E-state index is 0.415. The lowest BCUT2D eigenvalue weighted by molar-refractivity contribution is -0.0581. The lowest BCUT2D eigenvalue weighted by Crippen LogP contribution is -2.40. The predicted molar refractivity (Wildman–Crippen MR) is 63.2 cm³/mol. The van der Waals surface area contributed by atoms with Crippen LogP contribution in [0.25, 0.3) is 0 Å². The van der Waals surface area contributed by atoms with E-state index >= 15 is 0 Å². The van der Waals surface area contributed by atoms with Gasteiger partial charge in [0.1, 0.15) is 5.60 Å². The van der Waals surface area contributed by atoms with Gasteiger partial charge in [0, 0.05) is 0 Å². The van der Waals surface area contributed by atoms with Crippen LogP contribution in [0.4, 0.5) is 4.79 Å². The molecule has 3 unspecified atom stereocenters. The molecule has 1 aliphatic rings. The molecule has 0 aromatic carbocycles. The molecule has 0 N–H and O–H groups in total. The van der Waals surface area contributed by atoms with Crippen molar-refractivity contribution < 1.29 is 14.3 Å². The molecule has 0 bridgehead atoms. The van der Waals surface area contributed by atoms with E-state index in [4.69, 9.17) is 4.74 Å². The summed E-state index contributed by atoms with van der Waals surface area (Å²) in [6.07, 6.45) is 2.91. The third kappa shape index (κ3) is 3.13. The molecule has 0 aliphatic heterocycles. The van der Waals surface area contributed by atoms with Crippen LogP contribution in [0.15, 0.2) is 0 Å². The Bertz CT molecular complexity index is 248. The van der Waals surface area contributed by atoms with Crippen LogP contribution in [0.5, 0.6) is 0 Å². The first-order valence-corrected chi connectivity index (χ1v) is 6.13. The second-order valence-corrected chi connectivity index (χ2v) is 5.62. The molecular weight excluding hydrogens is 204 g/mol. The molecule has 0 amide bonds. The van der Waals surface area contributed by atoms with Crippen molar-refractivity contribution in [2.24, 2.45) is 17.8 Å². The van der Waals surface area contributed by atoms with Crippen LogP contribution in [0, 0.1) is 17.8 Å². The van der Waals surface area contributed by atoms with Gasteiger partial charge in [-0.1, -0.05) is 20.3 Å². The fourth-order valence-electron chi connectivity index (χ4n) is 2.52. The molecule has 0 heterocycles. The molecule has 3 heteroatoms. The quantitative estimate of drug-likeness (QED) is 0.677. The summed E-state index contributed by atoms with van der Waals surface area (Å²) >= 11 is 0. The SMILES string of the molecule is COC(=O)OC(C)(C)C1CCC(C)C(C)C1. The first kappa shape index (κ1) is 13.3. The van der Waals surface area contributed by atoms with E-state index in [9.17, 15) is 4.79 Å². The number of rotatable bonds is 2. The molecule has 0 aromatic heterocycles. The highest BCUT2D eigenvalue weighted by atomic mass is 16.7. The zero-order valence-corrected chi connectivity index (χ0v) is 11.1. The van der Waals surface area contributed by atoms with Crippen LogP contribution < -0.4 is 0 Å². The van der Waals surface area contributed by atoms with E-state index in [1.54, 1.807) is 0 Å². The second kappa shape index (κ2) is 5.07. The van der Waals surface area contributed by atoms with Crippen molar-refractivity contribution in [3.05, 3.63) is 0 Å². The minimum atomic E-state index is -0.573. The Balaban J connectivity index is 2.58. The third-order valence-electron chi connectivity index (χ3n) is 4.09. The van der Waals surface area contributed by atoms with E-state index in [2.05, 4.69) is 18.6 Å². The Kier molecular flexibility index (Phi) is 4.22. The molecule has 0 saturated heterocycles. The molecule has 1 aliphatic carbocycles. The molecule has 1 fully saturated rings. The molecular formula is C13H24O3. The molecule has 1 rings (SSSR count). The molecule has 0 aromatic rings. The topological polar surface area (TPSA) is 35.5 Å². The number of carbonyl (C=O) groups is 1. The van der Waals surface area contributed by atoms with E-state index in [0.717, 1.165) is 18.8 Å². The van der Waals surface area contributed by atoms with Crippen molar-refractivity contribution in [3.8, 4) is 0 Å². The van der Waals surface area contributed by atoms with Gasteiger partial charge in [0.05, 0.1) is 7.11 Å². The number of methoxy groups -OCH3 is 1. The monoisotopic (exact) mass is 228 g/mol. The fourth-order valence-corrected chi connectivity index (χ4v) is 2.52. The summed E-state index contributed by atoms with van der Waals surface area (Å²) in [6.45, 7) is 8.55. The van der Waals surface area contributed by atoms with Gasteiger partial charge in [0.2, 0.25) is 0 Å². The number of carbonyl (C=O) groups excluding carboxylic acids is 1. The van der Waals surface area contributed by atoms with Crippen LogP contribution in [0.3, 0.4) is 0 Å². The Morgan fingerprint density at radius 2 is 1.81 bits per heavy atom. The van der Waals surface area contributed by atoms with Gasteiger partial charge in [0.25, 0.3) is 0 Å². The van der Waals surface area contributed by atoms with Crippen LogP contribution in [0.2, 0.25) is 0 Å². The van der Waals surface area contributed by atoms with Crippen molar-refractivity contribution in [1.82, 2.24) is 0 Å². The van der Waals surface area contributed by atoms with Gasteiger partial charge >= 0.3 is 6.16 Å². The summed E-state index contributed by atoms with van der Waals surface area (Å²) in [7, 11) is 1.35. The maximum atomic E-state index is 11.2. The number of hydrogen-bond acceptors (Lipinski definition) is 3. The zero-order chi connectivity index (χ0) is 12.3. The van der Waals surface area contributed by atoms with E-state index in [1.807, 2.05) is 13.8 Å². The molecule has 94 valence electrons. The highest BCUT2D eigenvalue weighted by Gasteiger charge is 2.38. The predicted octanol–water partition coefficient (Wildman–Crippen LogP) is 3.62. The number of ether oxygens (including phenoxy) is 2. The van der Waals surface area contributed by atoms with Crippen molar-refractivity contribution >= 4 is 6.16 Å². The molecule has 3 nitrogen and oxygen atoms in total. The van der Waals surface area contributed by atoms with Crippen LogP contribution in [-0.4, -0.2) is 18.9 Å². The average molecular weight is 228 g/mol. The van der Waals surface area contributed by atoms with Crippen molar-refractivity contribution in [1.29, 1.82) is 0 Å². The fraction of sp³-hybridized carbons (Fsp3) is 0.923. The first-order valence-electron chi connectivity index (χ1n) is 6.13. The van der Waals surface area contributed by atoms with Crippen molar-refractivity contribution in [2.75, 3.05) is 7.11 Å². The number of hydrogen-bond donors (Lipinski definition) is 0. The maximum Gasteiger partial charge on any atom is 0.508 e. The summed E-state index contributed by atoms with van der Waals surface area (Å²) in [5, 5.41) is 0. The minimum Gasteiger partial charge on any atom is -0.438 e. The van der Waals surface area contributed by atoms with Gasteiger partial charge in [-0.2, -0.15) is 0 Å². The smallest absolute Gasteiger partial charge is 0.438 e. The Morgan fingerprint density at radius 1 is 1.19 bits per heavy atom. The average Bonchev–Trinajstić information content (AvgIpc) is 2.21. The van der Waals surface area contributed by atoms with E-state index in [0.29, 0.717) is 11.8 Å². The summed E-state index contributed by atoms with van der Waals surface area (Å²) in [5.74, 6) is 1.93. The zero-order valence-electron chi connectivity index (χ0n) is 11.1. The third-order valence-corrected chi connectivity index (χ3v) is 4.09. The summed E-state index contributed by atoms with van der Waals surface area (Å²) in [4.78, 5) is 11.2. The first-order chi connectivity index (χ1) is 7.36. The normalized spacial score (nSPS) is 30.9. The van der Waals surface area contributed by atoms with E-state index in [-0.39, 0.29) is 0 Å². The molecule has 16 heavy (non-hydrogen) atoms. The highest BCUT2D eigenvalue weighted by molar-refractivity contribution is 5.60. The van der Waals surface area contributed by atoms with Crippen LogP contribution in [-0.2, 0) is 9.47 Å². The Labute approximate surface area is 98.5 Å². The summed E-state index contributed by atoms with van der Waals surface area (Å²) < 4.78 is 9.91. The molecule has 1 saturated carbocycles. The maximum absolute atomic E-state index is 11.2. The van der Waals surface area contributed by atoms with Gasteiger partial charge in [0.15, 0.2) is 0 Å². The highest BCUT2D eigenvalue weighted by Crippen LogP contribution is 2.40. The van der Waals surface area contributed by atoms with Crippen LogP contribution in [0.1, 0.15) is 47.0 Å². The largest absolute Gasteiger partial charge is 0.508 e. The molecule has 0 spiro atoms. The van der Waals surface area contributed by atoms with Crippen LogP contribution >= 0.6 is 0 Å². The van der Waals surface area contributed by atoms with Gasteiger partial charge in [-0.3, -0.25) is 0 Å². The standard InChI is InChI=1S/C13H24O3/c1-9-6-7-11(8-10(9)2)13(3,4)16-12(14)15-5/h9-11H,6-8H2,1-5H3. The van der Waals surface area contributed by atoms with E-state index in [1.165, 1.54) is 13.5 Å². The Morgan fingerprint density at radius 3 is 2.31 bits per heavy atom. The lowest BCUT2D eigenvalue weighted by atomic mass is 9.70. The summed E-state index contributed by atoms with van der Waals surface area (Å²) in [6, 6.07) is 0. The summed E-state index contributed by atoms with van der Waals surface area (Å²) in [5.41, 5.74) is -0.415. The lowest BCUT2D eigenvalue weighted by Gasteiger charge is -2.40. The van der Waals surface area contributed by atoms with Gasteiger partial charge < -0.3 is 9.47 Å². The van der Waals surface area contributed by atoms with E-state index < -0.39 is 11.8 Å². The van der Waals surface area contributed by atoms with Gasteiger partial charge in [-0.05, 0) is 44.4 Å². The van der Waals surface area contributed by atoms with Gasteiger partial charge in [-0.15, -0.1) is 0 Å².